The number of sulfone groups is 1. The first-order chi connectivity index (χ1) is 10.9. The van der Waals surface area contributed by atoms with Crippen molar-refractivity contribution in [3.05, 3.63) is 36.2 Å². The Bertz CT molecular complexity index is 989. The van der Waals surface area contributed by atoms with Crippen LogP contribution >= 0.6 is 11.3 Å². The molecule has 0 spiro atoms. The Morgan fingerprint density at radius 1 is 1.35 bits per heavy atom. The summed E-state index contributed by atoms with van der Waals surface area (Å²) >= 11 is 1.22. The van der Waals surface area contributed by atoms with Crippen molar-refractivity contribution in [3.63, 3.8) is 0 Å². The molecule has 0 aliphatic heterocycles. The highest BCUT2D eigenvalue weighted by Crippen LogP contribution is 2.28. The molecular weight excluding hydrogens is 336 g/mol. The van der Waals surface area contributed by atoms with Gasteiger partial charge in [-0.15, -0.1) is 0 Å². The average molecular weight is 350 g/mol. The van der Waals surface area contributed by atoms with E-state index in [0.29, 0.717) is 27.6 Å². The fourth-order valence-corrected chi connectivity index (χ4v) is 3.63. The molecule has 0 saturated heterocycles. The van der Waals surface area contributed by atoms with E-state index in [1.807, 2.05) is 6.92 Å². The number of aromatic nitrogens is 3. The molecule has 0 fully saturated rings. The van der Waals surface area contributed by atoms with Gasteiger partial charge in [-0.05, 0) is 31.2 Å². The molecule has 1 aromatic carbocycles. The molecule has 0 bridgehead atoms. The summed E-state index contributed by atoms with van der Waals surface area (Å²) in [6.45, 7) is 2.62. The second kappa shape index (κ2) is 5.74. The molecule has 0 unspecified atom stereocenters. The molecule has 120 valence electrons. The molecule has 2 aromatic heterocycles. The maximum absolute atomic E-state index is 12.1. The van der Waals surface area contributed by atoms with E-state index in [1.165, 1.54) is 17.4 Å². The Balaban J connectivity index is 1.87. The van der Waals surface area contributed by atoms with E-state index in [2.05, 4.69) is 15.4 Å². The van der Waals surface area contributed by atoms with E-state index in [-0.39, 0.29) is 10.8 Å². The normalized spacial score (nSPS) is 11.7. The van der Waals surface area contributed by atoms with Gasteiger partial charge in [-0.3, -0.25) is 14.8 Å². The molecule has 2 heterocycles. The van der Waals surface area contributed by atoms with Crippen LogP contribution < -0.4 is 5.32 Å². The number of nitrogens with one attached hydrogen (secondary N) is 1. The number of thiazole rings is 1. The summed E-state index contributed by atoms with van der Waals surface area (Å²) in [4.78, 5) is 16.6. The van der Waals surface area contributed by atoms with Gasteiger partial charge < -0.3 is 0 Å². The van der Waals surface area contributed by atoms with Crippen LogP contribution in [0.1, 0.15) is 17.4 Å². The summed E-state index contributed by atoms with van der Waals surface area (Å²) in [6.07, 6.45) is 2.88. The SMILES string of the molecule is CCn1ccc(C(=O)Nc2nc3ccc(S(C)(=O)=O)cc3s2)n1. The van der Waals surface area contributed by atoms with E-state index >= 15 is 0 Å². The van der Waals surface area contributed by atoms with Crippen molar-refractivity contribution in [3.8, 4) is 0 Å². The van der Waals surface area contributed by atoms with Crippen LogP contribution in [-0.4, -0.2) is 35.3 Å². The van der Waals surface area contributed by atoms with E-state index < -0.39 is 9.84 Å². The summed E-state index contributed by atoms with van der Waals surface area (Å²) in [6, 6.07) is 6.33. The number of amides is 1. The molecule has 1 amide bonds. The van der Waals surface area contributed by atoms with Crippen LogP contribution in [0.25, 0.3) is 10.2 Å². The molecular formula is C14H14N4O3S2. The lowest BCUT2D eigenvalue weighted by Gasteiger charge is -1.97. The predicted molar refractivity (Wildman–Crippen MR) is 88.6 cm³/mol. The number of benzene rings is 1. The third-order valence-corrected chi connectivity index (χ3v) is 5.25. The van der Waals surface area contributed by atoms with E-state index in [4.69, 9.17) is 0 Å². The van der Waals surface area contributed by atoms with Crippen molar-refractivity contribution in [2.24, 2.45) is 0 Å². The molecule has 0 radical (unpaired) electrons. The topological polar surface area (TPSA) is 94.0 Å². The van der Waals surface area contributed by atoms with Gasteiger partial charge in [0.05, 0.1) is 15.1 Å². The zero-order chi connectivity index (χ0) is 16.6. The van der Waals surface area contributed by atoms with Crippen LogP contribution in [0, 0.1) is 0 Å². The van der Waals surface area contributed by atoms with Gasteiger partial charge in [0.2, 0.25) is 0 Å². The lowest BCUT2D eigenvalue weighted by atomic mass is 10.3. The van der Waals surface area contributed by atoms with Gasteiger partial charge in [0.1, 0.15) is 0 Å². The van der Waals surface area contributed by atoms with Gasteiger partial charge in [0.15, 0.2) is 20.7 Å². The molecule has 0 saturated carbocycles. The summed E-state index contributed by atoms with van der Waals surface area (Å²) in [5, 5.41) is 7.22. The van der Waals surface area contributed by atoms with Crippen molar-refractivity contribution >= 4 is 42.4 Å². The first-order valence-electron chi connectivity index (χ1n) is 6.82. The van der Waals surface area contributed by atoms with Crippen LogP contribution in [0.2, 0.25) is 0 Å². The van der Waals surface area contributed by atoms with Crippen LogP contribution in [0.4, 0.5) is 5.13 Å². The zero-order valence-corrected chi connectivity index (χ0v) is 14.1. The second-order valence-corrected chi connectivity index (χ2v) is 7.98. The Labute approximate surface area is 136 Å². The zero-order valence-electron chi connectivity index (χ0n) is 12.5. The van der Waals surface area contributed by atoms with Gasteiger partial charge in [-0.25, -0.2) is 13.4 Å². The number of rotatable bonds is 4. The van der Waals surface area contributed by atoms with Crippen LogP contribution in [0.3, 0.4) is 0 Å². The third-order valence-electron chi connectivity index (χ3n) is 3.21. The molecule has 0 aliphatic rings. The summed E-state index contributed by atoms with van der Waals surface area (Å²) in [5.41, 5.74) is 0.944. The number of hydrogen-bond donors (Lipinski definition) is 1. The van der Waals surface area contributed by atoms with Gasteiger partial charge >= 0.3 is 0 Å². The smallest absolute Gasteiger partial charge is 0.277 e. The summed E-state index contributed by atoms with van der Waals surface area (Å²) < 4.78 is 25.5. The van der Waals surface area contributed by atoms with Gasteiger partial charge in [-0.1, -0.05) is 11.3 Å². The average Bonchev–Trinajstić information content (AvgIpc) is 3.11. The van der Waals surface area contributed by atoms with Crippen molar-refractivity contribution in [1.29, 1.82) is 0 Å². The Kier molecular flexibility index (Phi) is 3.90. The lowest BCUT2D eigenvalue weighted by molar-refractivity contribution is 0.102. The largest absolute Gasteiger partial charge is 0.296 e. The minimum Gasteiger partial charge on any atom is -0.296 e. The first kappa shape index (κ1) is 15.6. The fourth-order valence-electron chi connectivity index (χ4n) is 2.01. The Morgan fingerprint density at radius 3 is 2.78 bits per heavy atom. The number of carbonyl (C=O) groups is 1. The minimum atomic E-state index is -3.27. The Hall–Kier alpha value is -2.26. The molecule has 1 N–H and O–H groups in total. The molecule has 23 heavy (non-hydrogen) atoms. The van der Waals surface area contributed by atoms with Crippen molar-refractivity contribution in [2.75, 3.05) is 11.6 Å². The maximum Gasteiger partial charge on any atom is 0.277 e. The fraction of sp³-hybridized carbons (Fsp3) is 0.214. The minimum absolute atomic E-state index is 0.230. The number of anilines is 1. The van der Waals surface area contributed by atoms with E-state index in [9.17, 15) is 13.2 Å². The first-order valence-corrected chi connectivity index (χ1v) is 9.53. The number of aryl methyl sites for hydroxylation is 1. The predicted octanol–water partition coefficient (Wildman–Crippen LogP) is 2.17. The van der Waals surface area contributed by atoms with Gasteiger partial charge in [0, 0.05) is 19.0 Å². The molecule has 7 nitrogen and oxygen atoms in total. The monoisotopic (exact) mass is 350 g/mol. The number of fused-ring (bicyclic) bond motifs is 1. The summed E-state index contributed by atoms with van der Waals surface area (Å²) in [5.74, 6) is -0.348. The molecule has 3 rings (SSSR count). The number of nitrogens with zero attached hydrogens (tertiary/aromatic N) is 3. The Morgan fingerprint density at radius 2 is 2.13 bits per heavy atom. The quantitative estimate of drug-likeness (QED) is 0.778. The summed E-state index contributed by atoms with van der Waals surface area (Å²) in [7, 11) is -3.27. The van der Waals surface area contributed by atoms with Crippen molar-refractivity contribution < 1.29 is 13.2 Å². The van der Waals surface area contributed by atoms with Crippen LogP contribution in [0.15, 0.2) is 35.4 Å². The van der Waals surface area contributed by atoms with E-state index in [1.54, 1.807) is 29.1 Å². The van der Waals surface area contributed by atoms with Gasteiger partial charge in [-0.2, -0.15) is 5.10 Å². The molecule has 0 aliphatic carbocycles. The van der Waals surface area contributed by atoms with Crippen LogP contribution in [0.5, 0.6) is 0 Å². The number of hydrogen-bond acceptors (Lipinski definition) is 6. The van der Waals surface area contributed by atoms with Gasteiger partial charge in [0.25, 0.3) is 5.91 Å². The molecule has 0 atom stereocenters. The lowest BCUT2D eigenvalue weighted by Crippen LogP contribution is -2.13. The standard InChI is InChI=1S/C14H14N4O3S2/c1-3-18-7-6-11(17-18)13(19)16-14-15-10-5-4-9(23(2,20)21)8-12(10)22-14/h4-8H,3H2,1-2H3,(H,15,16,19). The maximum atomic E-state index is 12.1. The number of carbonyl (C=O) groups excluding carboxylic acids is 1. The van der Waals surface area contributed by atoms with Crippen LogP contribution in [-0.2, 0) is 16.4 Å². The third kappa shape index (κ3) is 3.25. The highest BCUT2D eigenvalue weighted by Gasteiger charge is 2.14. The highest BCUT2D eigenvalue weighted by atomic mass is 32.2. The highest BCUT2D eigenvalue weighted by molar-refractivity contribution is 7.90. The van der Waals surface area contributed by atoms with E-state index in [0.717, 1.165) is 6.26 Å². The van der Waals surface area contributed by atoms with Crippen molar-refractivity contribution in [1.82, 2.24) is 14.8 Å². The second-order valence-electron chi connectivity index (χ2n) is 4.93. The molecule has 3 aromatic rings. The van der Waals surface area contributed by atoms with Crippen molar-refractivity contribution in [2.45, 2.75) is 18.4 Å². The molecule has 9 heteroatoms.